The molecule has 0 unspecified atom stereocenters. The van der Waals surface area contributed by atoms with E-state index < -0.39 is 70.9 Å². The summed E-state index contributed by atoms with van der Waals surface area (Å²) in [5, 5.41) is 54.5. The van der Waals surface area contributed by atoms with Crippen LogP contribution in [0.1, 0.15) is 10.4 Å². The number of carboxylic acid groups (broad SMARTS) is 5. The van der Waals surface area contributed by atoms with Gasteiger partial charge in [0, 0.05) is 40.4 Å². The number of sulfonamides is 1. The van der Waals surface area contributed by atoms with Crippen molar-refractivity contribution < 1.29 is 89.6 Å². The summed E-state index contributed by atoms with van der Waals surface area (Å²) >= 11 is 0. The molecule has 0 spiro atoms. The number of benzene rings is 5. The Morgan fingerprint density at radius 3 is 1.84 bits per heavy atom. The number of carboxylic acids is 5. The molecule has 0 amide bonds. The highest BCUT2D eigenvalue weighted by Crippen LogP contribution is 2.44. The van der Waals surface area contributed by atoms with Crippen molar-refractivity contribution in [1.82, 2.24) is 0 Å². The van der Waals surface area contributed by atoms with Crippen LogP contribution in [0.25, 0.3) is 33.4 Å². The Morgan fingerprint density at radius 2 is 1.23 bits per heavy atom. The zero-order valence-corrected chi connectivity index (χ0v) is 34.7. The molecule has 4 aromatic rings. The standard InChI is InChI=1S/C42H37N5O15S.ClH/c43-23-9-11-27-33(17-23)62-40-28(39(27)25-5-1-2-6-26(25)42(56)57)12-13-29(44)41(40)63(58,59)45-24-10-14-31(47(21-37(52)53)22-38(54)55)34(18-24)61-16-15-60-32-8-4-3-7-30(32)46(19-35(48)49)20-36(50)51;/h1-14,17-18,44-45H,15-16,19-22,43H2,(H,48,49)(H,50,51)(H,52,53)(H,54,55)(H,56,57);1H. The monoisotopic (exact) mass is 919 g/mol. The van der Waals surface area contributed by atoms with Crippen LogP contribution in [0.2, 0.25) is 0 Å². The maximum absolute atomic E-state index is 14.4. The van der Waals surface area contributed by atoms with Crippen molar-refractivity contribution in [2.45, 2.75) is 4.90 Å². The highest BCUT2D eigenvalue weighted by molar-refractivity contribution is 7.92. The topological polar surface area (TPSA) is 322 Å². The number of hydrogen-bond acceptors (Lipinski definition) is 13. The molecule has 0 saturated carbocycles. The van der Waals surface area contributed by atoms with E-state index in [1.54, 1.807) is 42.5 Å². The first kappa shape index (κ1) is 47.0. The van der Waals surface area contributed by atoms with Gasteiger partial charge in [-0.05, 0) is 54.1 Å². The Hall–Kier alpha value is -8.04. The highest BCUT2D eigenvalue weighted by Gasteiger charge is 2.32. The number of fused-ring (bicyclic) bond motifs is 2. The van der Waals surface area contributed by atoms with Crippen LogP contribution in [0.5, 0.6) is 11.5 Å². The number of nitrogens with one attached hydrogen (secondary N) is 1. The molecule has 0 radical (unpaired) electrons. The van der Waals surface area contributed by atoms with Crippen LogP contribution < -0.4 is 52.9 Å². The van der Waals surface area contributed by atoms with Crippen LogP contribution in [-0.2, 0) is 29.2 Å². The highest BCUT2D eigenvalue weighted by atomic mass is 35.5. The third-order valence-electron chi connectivity index (χ3n) is 9.26. The molecule has 334 valence electrons. The molecule has 64 heavy (non-hydrogen) atoms. The van der Waals surface area contributed by atoms with E-state index >= 15 is 0 Å². The van der Waals surface area contributed by atoms with Crippen molar-refractivity contribution >= 4 is 73.6 Å². The van der Waals surface area contributed by atoms with Gasteiger partial charge in [0.1, 0.15) is 56.5 Å². The lowest BCUT2D eigenvalue weighted by atomic mass is 9.90. The second-order valence-electron chi connectivity index (χ2n) is 13.7. The van der Waals surface area contributed by atoms with E-state index in [4.69, 9.17) is 25.0 Å². The summed E-state index contributed by atoms with van der Waals surface area (Å²) in [4.78, 5) is 60.5. The van der Waals surface area contributed by atoms with Gasteiger partial charge in [-0.25, -0.2) is 13.2 Å². The third kappa shape index (κ3) is 10.7. The zero-order chi connectivity index (χ0) is 45.6. The fourth-order valence-corrected chi connectivity index (χ4v) is 8.14. The minimum Gasteiger partial charge on any atom is -1.00 e. The predicted octanol–water partition coefficient (Wildman–Crippen LogP) is -0.641. The molecular weight excluding hydrogens is 882 g/mol. The lowest BCUT2D eigenvalue weighted by Crippen LogP contribution is -3.00. The van der Waals surface area contributed by atoms with Crippen LogP contribution in [0.15, 0.2) is 106 Å². The van der Waals surface area contributed by atoms with Crippen LogP contribution in [-0.4, -0.2) is 103 Å². The first-order valence-electron chi connectivity index (χ1n) is 18.5. The van der Waals surface area contributed by atoms with Gasteiger partial charge in [0.2, 0.25) is 10.3 Å². The maximum Gasteiger partial charge on any atom is 0.336 e. The summed E-state index contributed by atoms with van der Waals surface area (Å²) in [6, 6.07) is 23.2. The summed E-state index contributed by atoms with van der Waals surface area (Å²) in [5.74, 6) is -6.98. The van der Waals surface area contributed by atoms with Crippen molar-refractivity contribution in [3.8, 4) is 33.9 Å². The predicted molar refractivity (Wildman–Crippen MR) is 224 cm³/mol. The van der Waals surface area contributed by atoms with Gasteiger partial charge < -0.3 is 67.4 Å². The van der Waals surface area contributed by atoms with Gasteiger partial charge in [-0.15, -0.1) is 0 Å². The number of nitrogens with two attached hydrogens (primary N) is 2. The molecule has 6 rings (SSSR count). The van der Waals surface area contributed by atoms with Crippen LogP contribution in [0.4, 0.5) is 22.7 Å². The van der Waals surface area contributed by atoms with Gasteiger partial charge >= 0.3 is 29.8 Å². The number of carbonyl (C=O) groups is 5. The Morgan fingerprint density at radius 1 is 0.672 bits per heavy atom. The van der Waals surface area contributed by atoms with Crippen molar-refractivity contribution in [2.75, 3.05) is 59.6 Å². The van der Waals surface area contributed by atoms with E-state index in [0.717, 1.165) is 9.80 Å². The molecule has 1 heterocycles. The average Bonchev–Trinajstić information content (AvgIpc) is 3.20. The zero-order valence-electron chi connectivity index (χ0n) is 33.1. The molecule has 1 aliphatic heterocycles. The lowest BCUT2D eigenvalue weighted by Gasteiger charge is -2.25. The number of para-hydroxylation sites is 2. The number of aromatic carboxylic acids is 1. The van der Waals surface area contributed by atoms with Crippen molar-refractivity contribution in [3.05, 3.63) is 108 Å². The number of rotatable bonds is 20. The van der Waals surface area contributed by atoms with Gasteiger partial charge in [-0.3, -0.25) is 29.3 Å². The fraction of sp³-hybridized carbons (Fsp3) is 0.143. The normalized spacial score (nSPS) is 11.0. The van der Waals surface area contributed by atoms with Crippen molar-refractivity contribution in [1.29, 1.82) is 0 Å². The van der Waals surface area contributed by atoms with Crippen molar-refractivity contribution in [3.63, 3.8) is 0 Å². The molecule has 0 bridgehead atoms. The molecule has 0 saturated heterocycles. The molecule has 1 aliphatic carbocycles. The number of aliphatic carboxylic acids is 4. The third-order valence-corrected chi connectivity index (χ3v) is 10.7. The van der Waals surface area contributed by atoms with Crippen molar-refractivity contribution in [2.24, 2.45) is 0 Å². The second-order valence-corrected chi connectivity index (χ2v) is 15.3. The van der Waals surface area contributed by atoms with Crippen LogP contribution in [0.3, 0.4) is 0 Å². The number of ether oxygens (including phenoxy) is 2. The summed E-state index contributed by atoms with van der Waals surface area (Å²) in [7, 11) is -4.74. The Kier molecular flexibility index (Phi) is 14.5. The molecule has 0 aromatic heterocycles. The van der Waals surface area contributed by atoms with Gasteiger partial charge in [0.25, 0.3) is 10.0 Å². The number of nitrogen functional groups attached to an aromatic ring is 1. The molecule has 2 aliphatic rings. The summed E-state index contributed by atoms with van der Waals surface area (Å²) < 4.78 is 49.3. The van der Waals surface area contributed by atoms with Crippen LogP contribution >= 0.6 is 0 Å². The fourth-order valence-electron chi connectivity index (χ4n) is 6.83. The smallest absolute Gasteiger partial charge is 0.336 e. The molecule has 0 atom stereocenters. The van der Waals surface area contributed by atoms with E-state index in [2.05, 4.69) is 4.72 Å². The molecule has 10 N–H and O–H groups in total. The Bertz CT molecular complexity index is 2890. The van der Waals surface area contributed by atoms with Gasteiger partial charge in [-0.2, -0.15) is 0 Å². The second kappa shape index (κ2) is 19.8. The van der Waals surface area contributed by atoms with Gasteiger partial charge in [0.15, 0.2) is 5.76 Å². The molecule has 4 aromatic carbocycles. The van der Waals surface area contributed by atoms with Gasteiger partial charge in [-0.1, -0.05) is 30.3 Å². The van der Waals surface area contributed by atoms with E-state index in [9.17, 15) is 57.9 Å². The van der Waals surface area contributed by atoms with Gasteiger partial charge in [0.05, 0.1) is 22.6 Å². The lowest BCUT2D eigenvalue weighted by molar-refractivity contribution is -0.176. The summed E-state index contributed by atoms with van der Waals surface area (Å²) in [6.45, 7) is -3.56. The molecular formula is C42H38ClN5O15S. The molecule has 0 fully saturated rings. The first-order chi connectivity index (χ1) is 29.9. The minimum atomic E-state index is -4.74. The number of halogens is 1. The number of hydrogen-bond donors (Lipinski definition) is 8. The Balaban J connectivity index is 0.00000771. The maximum atomic E-state index is 14.4. The Labute approximate surface area is 368 Å². The number of anilines is 4. The SMILES string of the molecule is Nc1ccc2c(-c3ccccc3C(=O)O)c3ccc(=[NH2+])c(S(=O)(=O)Nc4ccc(N(CC(=O)O)CC(=O)O)c(OCCOc5ccccc5N(CC(=O)O)CC(=O)O)c4)c-3oc2c1.[Cl-]. The average molecular weight is 920 g/mol. The van der Waals surface area contributed by atoms with E-state index in [1.807, 2.05) is 0 Å². The van der Waals surface area contributed by atoms with E-state index in [1.165, 1.54) is 54.6 Å². The molecule has 22 heteroatoms. The quantitative estimate of drug-likeness (QED) is 0.0268. The van der Waals surface area contributed by atoms with E-state index in [-0.39, 0.29) is 93.3 Å². The summed E-state index contributed by atoms with van der Waals surface area (Å²) in [6.07, 6.45) is 0. The van der Waals surface area contributed by atoms with E-state index in [0.29, 0.717) is 10.9 Å². The summed E-state index contributed by atoms with van der Waals surface area (Å²) in [5.41, 5.74) is 7.02. The van der Waals surface area contributed by atoms with Crippen LogP contribution in [0, 0.1) is 0 Å². The molecule has 20 nitrogen and oxygen atoms in total. The minimum absolute atomic E-state index is 0. The number of nitrogens with zero attached hydrogens (tertiary/aromatic N) is 2. The first-order valence-corrected chi connectivity index (χ1v) is 20.0. The largest absolute Gasteiger partial charge is 1.00 e.